The Morgan fingerprint density at radius 3 is 2.23 bits per heavy atom. The molecule has 0 aliphatic rings. The van der Waals surface area contributed by atoms with Gasteiger partial charge in [-0.05, 0) is 30.7 Å². The Kier molecular flexibility index (Phi) is 5.09. The molecule has 0 saturated carbocycles. The second-order valence-electron chi connectivity index (χ2n) is 2.42. The van der Waals surface area contributed by atoms with Crippen LogP contribution in [-0.2, 0) is 10.1 Å². The third-order valence-electron chi connectivity index (χ3n) is 1.47. The normalized spacial score (nSPS) is 10.6. The van der Waals surface area contributed by atoms with E-state index < -0.39 is 10.1 Å². The van der Waals surface area contributed by atoms with E-state index in [1.165, 1.54) is 12.1 Å². The van der Waals surface area contributed by atoms with Crippen molar-refractivity contribution in [2.75, 3.05) is 0 Å². The van der Waals surface area contributed by atoms with E-state index in [0.29, 0.717) is 5.56 Å². The van der Waals surface area contributed by atoms with Gasteiger partial charge in [0.15, 0.2) is 0 Å². The third kappa shape index (κ3) is 3.66. The van der Waals surface area contributed by atoms with Crippen molar-refractivity contribution in [3.8, 4) is 5.75 Å². The summed E-state index contributed by atoms with van der Waals surface area (Å²) in [5, 5.41) is 9.03. The van der Waals surface area contributed by atoms with Crippen molar-refractivity contribution in [2.45, 2.75) is 11.8 Å². The minimum Gasteiger partial charge on any atom is -0.508 e. The molecule has 0 fully saturated rings. The Morgan fingerprint density at radius 2 is 1.85 bits per heavy atom. The Balaban J connectivity index is 0.00000144. The predicted molar refractivity (Wildman–Crippen MR) is 42.7 cm³/mol. The Bertz CT molecular complexity index is 399. The van der Waals surface area contributed by atoms with Crippen molar-refractivity contribution in [3.05, 3.63) is 23.8 Å². The molecule has 0 amide bonds. The zero-order valence-corrected chi connectivity index (χ0v) is 11.3. The van der Waals surface area contributed by atoms with Crippen LogP contribution < -0.4 is 51.4 Å². The van der Waals surface area contributed by atoms with Gasteiger partial charge in [0.25, 0.3) is 10.1 Å². The number of phenols is 1. The summed E-state index contributed by atoms with van der Waals surface area (Å²) in [6.07, 6.45) is 0. The van der Waals surface area contributed by atoms with E-state index in [2.05, 4.69) is 0 Å². The van der Waals surface area contributed by atoms with Crippen molar-refractivity contribution in [3.63, 3.8) is 0 Å². The van der Waals surface area contributed by atoms with Crippen LogP contribution in [0.5, 0.6) is 5.75 Å². The summed E-state index contributed by atoms with van der Waals surface area (Å²) in [6.45, 7) is 1.55. The Hall–Kier alpha value is 0.566. The second kappa shape index (κ2) is 4.88. The second-order valence-corrected chi connectivity index (χ2v) is 3.84. The van der Waals surface area contributed by atoms with E-state index in [4.69, 9.17) is 9.66 Å². The number of benzene rings is 1. The standard InChI is InChI=1S/C7H8O4S.K/c1-5-4-6(12(9,10)11)2-3-7(5)8;/h2-4,8H,1H3,(H,9,10,11);/q;+1. The smallest absolute Gasteiger partial charge is 0.508 e. The number of phenolic OH excluding ortho intramolecular Hbond substituents is 1. The van der Waals surface area contributed by atoms with Gasteiger partial charge in [-0.25, -0.2) is 0 Å². The molecule has 1 aromatic rings. The molecule has 0 bridgehead atoms. The summed E-state index contributed by atoms with van der Waals surface area (Å²) in [7, 11) is -4.15. The van der Waals surface area contributed by atoms with Crippen LogP contribution >= 0.6 is 0 Å². The van der Waals surface area contributed by atoms with Gasteiger partial charge in [0.1, 0.15) is 5.75 Å². The first kappa shape index (κ1) is 13.6. The summed E-state index contributed by atoms with van der Waals surface area (Å²) in [5.41, 5.74) is 0.408. The first-order valence-corrected chi connectivity index (χ1v) is 4.62. The van der Waals surface area contributed by atoms with Crippen LogP contribution in [0.1, 0.15) is 5.56 Å². The molecule has 1 aromatic carbocycles. The molecule has 0 atom stereocenters. The van der Waals surface area contributed by atoms with Gasteiger partial charge in [-0.2, -0.15) is 8.42 Å². The molecule has 0 spiro atoms. The predicted octanol–water partition coefficient (Wildman–Crippen LogP) is -2.05. The number of hydrogen-bond acceptors (Lipinski definition) is 3. The van der Waals surface area contributed by atoms with Crippen LogP contribution in [0, 0.1) is 6.92 Å². The minimum atomic E-state index is -4.15. The number of aryl methyl sites for hydroxylation is 1. The maximum atomic E-state index is 10.6. The molecule has 4 nitrogen and oxygen atoms in total. The van der Waals surface area contributed by atoms with Crippen molar-refractivity contribution >= 4 is 10.1 Å². The number of aromatic hydroxyl groups is 1. The van der Waals surface area contributed by atoms with Gasteiger partial charge >= 0.3 is 51.4 Å². The molecule has 0 aliphatic carbocycles. The molecule has 0 aromatic heterocycles. The van der Waals surface area contributed by atoms with Gasteiger partial charge in [-0.15, -0.1) is 0 Å². The summed E-state index contributed by atoms with van der Waals surface area (Å²) in [4.78, 5) is -0.210. The van der Waals surface area contributed by atoms with E-state index in [1.54, 1.807) is 6.92 Å². The molecule has 66 valence electrons. The fraction of sp³-hybridized carbons (Fsp3) is 0.143. The maximum absolute atomic E-state index is 10.6. The van der Waals surface area contributed by atoms with E-state index in [1.807, 2.05) is 0 Å². The van der Waals surface area contributed by atoms with Crippen LogP contribution in [-0.4, -0.2) is 18.1 Å². The maximum Gasteiger partial charge on any atom is 1.00 e. The van der Waals surface area contributed by atoms with Gasteiger partial charge in [-0.1, -0.05) is 0 Å². The third-order valence-corrected chi connectivity index (χ3v) is 2.32. The van der Waals surface area contributed by atoms with Gasteiger partial charge in [-0.3, -0.25) is 4.55 Å². The molecule has 0 saturated heterocycles. The zero-order valence-electron chi connectivity index (χ0n) is 7.35. The van der Waals surface area contributed by atoms with Gasteiger partial charge in [0.2, 0.25) is 0 Å². The molecule has 0 heterocycles. The largest absolute Gasteiger partial charge is 1.00 e. The van der Waals surface area contributed by atoms with Gasteiger partial charge in [0, 0.05) is 0 Å². The number of hydrogen-bond donors (Lipinski definition) is 2. The van der Waals surface area contributed by atoms with Crippen LogP contribution in [0.4, 0.5) is 0 Å². The van der Waals surface area contributed by atoms with Gasteiger partial charge in [0.05, 0.1) is 4.90 Å². The molecular formula is C7H8KO4S+. The molecule has 2 N–H and O–H groups in total. The minimum absolute atomic E-state index is 0. The van der Waals surface area contributed by atoms with Crippen molar-refractivity contribution in [2.24, 2.45) is 0 Å². The van der Waals surface area contributed by atoms with Crippen LogP contribution in [0.15, 0.2) is 23.1 Å². The molecular weight excluding hydrogens is 219 g/mol. The van der Waals surface area contributed by atoms with Gasteiger partial charge < -0.3 is 5.11 Å². The van der Waals surface area contributed by atoms with Crippen LogP contribution in [0.25, 0.3) is 0 Å². The van der Waals surface area contributed by atoms with E-state index in [9.17, 15) is 8.42 Å². The molecule has 0 radical (unpaired) electrons. The SMILES string of the molecule is Cc1cc(S(=O)(=O)O)ccc1O.[K+]. The monoisotopic (exact) mass is 227 g/mol. The molecule has 13 heavy (non-hydrogen) atoms. The first-order valence-electron chi connectivity index (χ1n) is 3.18. The van der Waals surface area contributed by atoms with Crippen LogP contribution in [0.3, 0.4) is 0 Å². The summed E-state index contributed by atoms with van der Waals surface area (Å²) < 4.78 is 29.7. The molecule has 0 aliphatic heterocycles. The Morgan fingerprint density at radius 1 is 1.31 bits per heavy atom. The fourth-order valence-electron chi connectivity index (χ4n) is 0.788. The Labute approximate surface area is 119 Å². The average Bonchev–Trinajstić information content (AvgIpc) is 1.92. The molecule has 1 rings (SSSR count). The quantitative estimate of drug-likeness (QED) is 0.428. The summed E-state index contributed by atoms with van der Waals surface area (Å²) in [5.74, 6) is 0.00222. The van der Waals surface area contributed by atoms with E-state index >= 15 is 0 Å². The first-order chi connectivity index (χ1) is 5.41. The van der Waals surface area contributed by atoms with Crippen molar-refractivity contribution < 1.29 is 69.5 Å². The van der Waals surface area contributed by atoms with Crippen LogP contribution in [0.2, 0.25) is 0 Å². The van der Waals surface area contributed by atoms with Crippen molar-refractivity contribution in [1.82, 2.24) is 0 Å². The van der Waals surface area contributed by atoms with E-state index in [0.717, 1.165) is 6.07 Å². The summed E-state index contributed by atoms with van der Waals surface area (Å²) in [6, 6.07) is 3.56. The van der Waals surface area contributed by atoms with Crippen molar-refractivity contribution in [1.29, 1.82) is 0 Å². The fourth-order valence-corrected chi connectivity index (χ4v) is 1.35. The number of rotatable bonds is 1. The zero-order chi connectivity index (χ0) is 9.35. The summed E-state index contributed by atoms with van der Waals surface area (Å²) >= 11 is 0. The average molecular weight is 227 g/mol. The molecule has 0 unspecified atom stereocenters. The van der Waals surface area contributed by atoms with E-state index in [-0.39, 0.29) is 62.0 Å². The molecule has 6 heteroatoms. The topological polar surface area (TPSA) is 74.6 Å².